The van der Waals surface area contributed by atoms with Crippen molar-refractivity contribution in [3.05, 3.63) is 0 Å². The van der Waals surface area contributed by atoms with Gasteiger partial charge in [-0.05, 0) is 104 Å². The molecule has 5 fully saturated rings. The maximum absolute atomic E-state index is 6.30. The Morgan fingerprint density at radius 2 is 1.72 bits per heavy atom. The molecule has 29 heavy (non-hydrogen) atoms. The Balaban J connectivity index is 1.35. The van der Waals surface area contributed by atoms with Crippen LogP contribution in [0.3, 0.4) is 0 Å². The third-order valence-electron chi connectivity index (χ3n) is 12.0. The Morgan fingerprint density at radius 3 is 2.41 bits per heavy atom. The Morgan fingerprint density at radius 1 is 0.931 bits per heavy atom. The molecule has 0 saturated heterocycles. The van der Waals surface area contributed by atoms with Crippen molar-refractivity contribution in [1.82, 2.24) is 0 Å². The van der Waals surface area contributed by atoms with Crippen LogP contribution in [0, 0.1) is 57.7 Å². The lowest BCUT2D eigenvalue weighted by atomic mass is 9.45. The predicted octanol–water partition coefficient (Wildman–Crippen LogP) is 7.73. The Bertz CT molecular complexity index is 626. The van der Waals surface area contributed by atoms with Gasteiger partial charge in [-0.2, -0.15) is 0 Å². The largest absolute Gasteiger partial charge is 0.381 e. The quantitative estimate of drug-likeness (QED) is 0.443. The fourth-order valence-electron chi connectivity index (χ4n) is 10.6. The number of methoxy groups -OCH3 is 1. The molecule has 0 unspecified atom stereocenters. The summed E-state index contributed by atoms with van der Waals surface area (Å²) in [7, 11) is 2.03. The molecule has 0 radical (unpaired) electrons. The van der Waals surface area contributed by atoms with E-state index in [0.29, 0.717) is 22.3 Å². The van der Waals surface area contributed by atoms with Crippen molar-refractivity contribution in [2.75, 3.05) is 7.11 Å². The number of hydrogen-bond donors (Lipinski definition) is 0. The summed E-state index contributed by atoms with van der Waals surface area (Å²) < 4.78 is 6.30. The second-order valence-electron chi connectivity index (χ2n) is 13.3. The first kappa shape index (κ1) is 20.8. The van der Waals surface area contributed by atoms with Crippen LogP contribution in [0.5, 0.6) is 0 Å². The molecule has 0 aromatic rings. The summed E-state index contributed by atoms with van der Waals surface area (Å²) in [5.74, 6) is 6.68. The summed E-state index contributed by atoms with van der Waals surface area (Å²) in [5, 5.41) is 0. The lowest BCUT2D eigenvalue weighted by Crippen LogP contribution is -2.57. The van der Waals surface area contributed by atoms with Gasteiger partial charge in [0.05, 0.1) is 6.10 Å². The molecular formula is C28H48O. The van der Waals surface area contributed by atoms with Crippen LogP contribution in [0.2, 0.25) is 0 Å². The summed E-state index contributed by atoms with van der Waals surface area (Å²) in [5.41, 5.74) is 1.78. The zero-order chi connectivity index (χ0) is 20.6. The predicted molar refractivity (Wildman–Crippen MR) is 122 cm³/mol. The van der Waals surface area contributed by atoms with Crippen molar-refractivity contribution in [2.24, 2.45) is 57.7 Å². The first-order valence-electron chi connectivity index (χ1n) is 13.3. The van der Waals surface area contributed by atoms with Gasteiger partial charge >= 0.3 is 0 Å². The van der Waals surface area contributed by atoms with Gasteiger partial charge in [0.1, 0.15) is 0 Å². The molecule has 0 aromatic carbocycles. The maximum atomic E-state index is 6.30. The van der Waals surface area contributed by atoms with Gasteiger partial charge in [0, 0.05) is 12.5 Å². The summed E-state index contributed by atoms with van der Waals surface area (Å²) in [6.07, 6.45) is 16.8. The van der Waals surface area contributed by atoms with Gasteiger partial charge in [-0.1, -0.05) is 53.9 Å². The monoisotopic (exact) mass is 400 g/mol. The molecule has 0 bridgehead atoms. The molecule has 10 atom stereocenters. The van der Waals surface area contributed by atoms with Crippen LogP contribution in [-0.2, 0) is 4.74 Å². The van der Waals surface area contributed by atoms with Crippen LogP contribution >= 0.6 is 0 Å². The highest BCUT2D eigenvalue weighted by Gasteiger charge is 2.77. The molecule has 166 valence electrons. The van der Waals surface area contributed by atoms with Crippen LogP contribution in [-0.4, -0.2) is 13.2 Å². The normalized spacial score (nSPS) is 53.9. The van der Waals surface area contributed by atoms with Crippen molar-refractivity contribution < 1.29 is 4.74 Å². The first-order chi connectivity index (χ1) is 13.8. The van der Waals surface area contributed by atoms with E-state index in [1.54, 1.807) is 0 Å². The molecule has 0 aromatic heterocycles. The number of hydrogen-bond acceptors (Lipinski definition) is 1. The number of ether oxygens (including phenoxy) is 1. The van der Waals surface area contributed by atoms with Gasteiger partial charge in [-0.3, -0.25) is 0 Å². The highest BCUT2D eigenvalue weighted by atomic mass is 16.5. The summed E-state index contributed by atoms with van der Waals surface area (Å²) >= 11 is 0. The van der Waals surface area contributed by atoms with Gasteiger partial charge in [-0.25, -0.2) is 0 Å². The molecule has 5 saturated carbocycles. The van der Waals surface area contributed by atoms with Crippen molar-refractivity contribution in [3.63, 3.8) is 0 Å². The smallest absolute Gasteiger partial charge is 0.0638 e. The van der Waals surface area contributed by atoms with Crippen LogP contribution in [0.1, 0.15) is 105 Å². The van der Waals surface area contributed by atoms with Gasteiger partial charge in [0.25, 0.3) is 0 Å². The molecule has 1 heteroatoms. The van der Waals surface area contributed by atoms with Crippen molar-refractivity contribution in [2.45, 2.75) is 111 Å². The fourth-order valence-corrected chi connectivity index (χ4v) is 10.6. The van der Waals surface area contributed by atoms with Crippen molar-refractivity contribution in [1.29, 1.82) is 0 Å². The highest BCUT2D eigenvalue weighted by Crippen LogP contribution is 2.82. The Hall–Kier alpha value is -0.0400. The average molecular weight is 401 g/mol. The molecule has 1 nitrogen and oxygen atoms in total. The van der Waals surface area contributed by atoms with E-state index in [1.165, 1.54) is 70.6 Å². The molecule has 0 heterocycles. The van der Waals surface area contributed by atoms with E-state index < -0.39 is 0 Å². The Labute approximate surface area is 181 Å². The van der Waals surface area contributed by atoms with E-state index >= 15 is 0 Å². The van der Waals surface area contributed by atoms with Crippen LogP contribution < -0.4 is 0 Å². The third kappa shape index (κ3) is 2.74. The molecular weight excluding hydrogens is 352 g/mol. The summed E-state index contributed by atoms with van der Waals surface area (Å²) in [6.45, 7) is 12.8. The summed E-state index contributed by atoms with van der Waals surface area (Å²) in [4.78, 5) is 0. The minimum Gasteiger partial charge on any atom is -0.381 e. The van der Waals surface area contributed by atoms with E-state index in [0.717, 1.165) is 41.4 Å². The van der Waals surface area contributed by atoms with Crippen LogP contribution in [0.15, 0.2) is 0 Å². The molecule has 5 aliphatic carbocycles. The van der Waals surface area contributed by atoms with Crippen molar-refractivity contribution in [3.8, 4) is 0 Å². The van der Waals surface area contributed by atoms with E-state index in [1.807, 2.05) is 7.11 Å². The van der Waals surface area contributed by atoms with E-state index in [2.05, 4.69) is 34.6 Å². The number of rotatable bonds is 6. The SMILES string of the molecule is CO[C@H]1C[C@H]2[C@@H]3CC[C@H]([C@@H](C)CCCC(C)C)[C@@]3(C)CC[C@@H]2[C@@]2(C)CC[C@@H]3C[C@]312. The molecule has 5 aliphatic rings. The first-order valence-corrected chi connectivity index (χ1v) is 13.3. The molecule has 5 rings (SSSR count). The van der Waals surface area contributed by atoms with Crippen molar-refractivity contribution >= 4 is 0 Å². The molecule has 1 spiro atoms. The fraction of sp³-hybridized carbons (Fsp3) is 1.00. The minimum atomic E-state index is 0.561. The summed E-state index contributed by atoms with van der Waals surface area (Å²) in [6, 6.07) is 0. The minimum absolute atomic E-state index is 0.561. The van der Waals surface area contributed by atoms with Gasteiger partial charge < -0.3 is 4.74 Å². The van der Waals surface area contributed by atoms with Gasteiger partial charge in [0.2, 0.25) is 0 Å². The van der Waals surface area contributed by atoms with Gasteiger partial charge in [-0.15, -0.1) is 0 Å². The standard InChI is InChI=1S/C28H48O/c1-18(2)8-7-9-19(3)22-10-11-23-21-16-25(29-6)28-17-20(28)12-15-27(28,5)24(21)13-14-26(22,23)4/h18-25H,7-17H2,1-6H3/t19-,20+,21-,22+,23-,24-,25-,26+,27+,28-/m0/s1. The van der Waals surface area contributed by atoms with Gasteiger partial charge in [0.15, 0.2) is 0 Å². The topological polar surface area (TPSA) is 9.23 Å². The second-order valence-corrected chi connectivity index (χ2v) is 13.3. The van der Waals surface area contributed by atoms with E-state index in [-0.39, 0.29) is 0 Å². The average Bonchev–Trinajstić information content (AvgIpc) is 3.18. The molecule has 0 N–H and O–H groups in total. The Kier molecular flexibility index (Phi) is 5.02. The maximum Gasteiger partial charge on any atom is 0.0638 e. The highest BCUT2D eigenvalue weighted by molar-refractivity contribution is 5.26. The second kappa shape index (κ2) is 6.98. The zero-order valence-electron chi connectivity index (χ0n) is 20.3. The number of fused-ring (bicyclic) bond motifs is 4. The zero-order valence-corrected chi connectivity index (χ0v) is 20.3. The van der Waals surface area contributed by atoms with E-state index in [4.69, 9.17) is 4.74 Å². The lowest BCUT2D eigenvalue weighted by molar-refractivity contribution is -0.161. The van der Waals surface area contributed by atoms with Crippen LogP contribution in [0.25, 0.3) is 0 Å². The van der Waals surface area contributed by atoms with Crippen LogP contribution in [0.4, 0.5) is 0 Å². The van der Waals surface area contributed by atoms with E-state index in [9.17, 15) is 0 Å². The third-order valence-corrected chi connectivity index (χ3v) is 12.0. The molecule has 0 aliphatic heterocycles. The lowest BCUT2D eigenvalue weighted by Gasteiger charge is -2.61. The molecule has 0 amide bonds.